The second-order valence-corrected chi connectivity index (χ2v) is 6.37. The van der Waals surface area contributed by atoms with Crippen LogP contribution in [0, 0.1) is 0 Å². The first kappa shape index (κ1) is 16.5. The number of carbonyl (C=O) groups is 1. The Morgan fingerprint density at radius 1 is 1.29 bits per heavy atom. The molecular formula is C18H20N2O3S. The SMILES string of the molecule is CCC(=O)N1N=C(c2cccs2)CC1c1cccc(OC)c1OC. The zero-order chi connectivity index (χ0) is 17.1. The van der Waals surface area contributed by atoms with E-state index in [1.54, 1.807) is 30.6 Å². The number of benzene rings is 1. The summed E-state index contributed by atoms with van der Waals surface area (Å²) in [7, 11) is 3.22. The molecule has 1 aromatic heterocycles. The average Bonchev–Trinajstić information content (AvgIpc) is 3.29. The van der Waals surface area contributed by atoms with Crippen LogP contribution in [0.5, 0.6) is 11.5 Å². The standard InChI is InChI=1S/C18H20N2O3S/c1-4-17(21)20-14(11-13(19-20)16-9-6-10-24-16)12-7-5-8-15(22-2)18(12)23-3/h5-10,14H,4,11H2,1-3H3. The van der Waals surface area contributed by atoms with Gasteiger partial charge in [0.15, 0.2) is 11.5 Å². The summed E-state index contributed by atoms with van der Waals surface area (Å²) in [6.07, 6.45) is 1.07. The highest BCUT2D eigenvalue weighted by molar-refractivity contribution is 7.12. The van der Waals surface area contributed by atoms with Gasteiger partial charge < -0.3 is 9.47 Å². The fraction of sp³-hybridized carbons (Fsp3) is 0.333. The van der Waals surface area contributed by atoms with E-state index in [1.807, 2.05) is 42.6 Å². The fourth-order valence-electron chi connectivity index (χ4n) is 2.91. The van der Waals surface area contributed by atoms with Crippen LogP contribution < -0.4 is 9.47 Å². The number of amides is 1. The molecule has 1 unspecified atom stereocenters. The highest BCUT2D eigenvalue weighted by Crippen LogP contribution is 2.42. The highest BCUT2D eigenvalue weighted by Gasteiger charge is 2.35. The molecule has 1 atom stereocenters. The van der Waals surface area contributed by atoms with Gasteiger partial charge in [-0.15, -0.1) is 11.3 Å². The van der Waals surface area contributed by atoms with Gasteiger partial charge in [0.1, 0.15) is 0 Å². The van der Waals surface area contributed by atoms with E-state index >= 15 is 0 Å². The molecule has 5 nitrogen and oxygen atoms in total. The number of para-hydroxylation sites is 1. The smallest absolute Gasteiger partial charge is 0.242 e. The van der Waals surface area contributed by atoms with Crippen molar-refractivity contribution in [2.24, 2.45) is 5.10 Å². The summed E-state index contributed by atoms with van der Waals surface area (Å²) in [4.78, 5) is 13.5. The van der Waals surface area contributed by atoms with Crippen molar-refractivity contribution in [1.29, 1.82) is 0 Å². The molecule has 126 valence electrons. The monoisotopic (exact) mass is 344 g/mol. The number of nitrogens with zero attached hydrogens (tertiary/aromatic N) is 2. The average molecular weight is 344 g/mol. The van der Waals surface area contributed by atoms with Crippen LogP contribution >= 0.6 is 11.3 Å². The zero-order valence-electron chi connectivity index (χ0n) is 14.0. The lowest BCUT2D eigenvalue weighted by molar-refractivity contribution is -0.132. The maximum absolute atomic E-state index is 12.4. The zero-order valence-corrected chi connectivity index (χ0v) is 14.8. The molecule has 0 saturated carbocycles. The highest BCUT2D eigenvalue weighted by atomic mass is 32.1. The Labute approximate surface area is 145 Å². The normalized spacial score (nSPS) is 16.9. The van der Waals surface area contributed by atoms with Crippen LogP contribution in [0.3, 0.4) is 0 Å². The Balaban J connectivity index is 2.02. The van der Waals surface area contributed by atoms with Crippen LogP contribution in [-0.4, -0.2) is 30.8 Å². The minimum atomic E-state index is -0.181. The molecule has 2 aromatic rings. The molecule has 0 bridgehead atoms. The third-order valence-corrected chi connectivity index (χ3v) is 4.99. The summed E-state index contributed by atoms with van der Waals surface area (Å²) in [5, 5.41) is 8.21. The van der Waals surface area contributed by atoms with Crippen molar-refractivity contribution in [3.63, 3.8) is 0 Å². The third-order valence-electron chi connectivity index (χ3n) is 4.07. The van der Waals surface area contributed by atoms with Gasteiger partial charge in [-0.05, 0) is 17.5 Å². The number of hydrogen-bond acceptors (Lipinski definition) is 5. The van der Waals surface area contributed by atoms with Crippen LogP contribution in [0.2, 0.25) is 0 Å². The van der Waals surface area contributed by atoms with E-state index in [2.05, 4.69) is 5.10 Å². The van der Waals surface area contributed by atoms with Crippen molar-refractivity contribution >= 4 is 23.0 Å². The molecule has 0 fully saturated rings. The van der Waals surface area contributed by atoms with Crippen LogP contribution in [0.1, 0.15) is 36.2 Å². The summed E-state index contributed by atoms with van der Waals surface area (Å²) >= 11 is 1.63. The molecule has 1 amide bonds. The van der Waals surface area contributed by atoms with Crippen LogP contribution in [0.4, 0.5) is 0 Å². The van der Waals surface area contributed by atoms with E-state index in [4.69, 9.17) is 9.47 Å². The number of carbonyl (C=O) groups excluding carboxylic acids is 1. The molecule has 0 spiro atoms. The molecule has 0 aliphatic carbocycles. The molecule has 1 aliphatic rings. The molecule has 3 rings (SSSR count). The third kappa shape index (κ3) is 2.89. The van der Waals surface area contributed by atoms with Gasteiger partial charge in [0.2, 0.25) is 5.91 Å². The first-order chi connectivity index (χ1) is 11.7. The van der Waals surface area contributed by atoms with E-state index in [0.717, 1.165) is 16.2 Å². The molecule has 1 aromatic carbocycles. The van der Waals surface area contributed by atoms with Gasteiger partial charge in [-0.1, -0.05) is 25.1 Å². The van der Waals surface area contributed by atoms with Gasteiger partial charge in [-0.2, -0.15) is 5.10 Å². The second kappa shape index (κ2) is 7.05. The largest absolute Gasteiger partial charge is 0.493 e. The molecular weight excluding hydrogens is 324 g/mol. The van der Waals surface area contributed by atoms with Crippen molar-refractivity contribution in [2.45, 2.75) is 25.8 Å². The Morgan fingerprint density at radius 3 is 2.75 bits per heavy atom. The van der Waals surface area contributed by atoms with E-state index in [1.165, 1.54) is 0 Å². The molecule has 0 N–H and O–H groups in total. The number of hydrogen-bond donors (Lipinski definition) is 0. The second-order valence-electron chi connectivity index (χ2n) is 5.42. The summed E-state index contributed by atoms with van der Waals surface area (Å²) in [6, 6.07) is 9.57. The lowest BCUT2D eigenvalue weighted by Gasteiger charge is -2.24. The summed E-state index contributed by atoms with van der Waals surface area (Å²) in [6.45, 7) is 1.85. The van der Waals surface area contributed by atoms with Crippen LogP contribution in [-0.2, 0) is 4.79 Å². The van der Waals surface area contributed by atoms with Gasteiger partial charge in [0.25, 0.3) is 0 Å². The number of ether oxygens (including phenoxy) is 2. The topological polar surface area (TPSA) is 51.1 Å². The Kier molecular flexibility index (Phi) is 4.85. The van der Waals surface area contributed by atoms with Crippen LogP contribution in [0.15, 0.2) is 40.8 Å². The number of rotatable bonds is 5. The minimum Gasteiger partial charge on any atom is -0.493 e. The Bertz CT molecular complexity index is 756. The Hall–Kier alpha value is -2.34. The van der Waals surface area contributed by atoms with E-state index < -0.39 is 0 Å². The lowest BCUT2D eigenvalue weighted by atomic mass is 9.99. The number of hydrazone groups is 1. The van der Waals surface area contributed by atoms with Crippen molar-refractivity contribution in [2.75, 3.05) is 14.2 Å². The molecule has 0 saturated heterocycles. The molecule has 2 heterocycles. The molecule has 6 heteroatoms. The van der Waals surface area contributed by atoms with E-state index in [9.17, 15) is 4.79 Å². The van der Waals surface area contributed by atoms with Crippen molar-refractivity contribution in [3.05, 3.63) is 46.2 Å². The maximum Gasteiger partial charge on any atom is 0.242 e. The minimum absolute atomic E-state index is 0.00331. The summed E-state index contributed by atoms with van der Waals surface area (Å²) in [5.41, 5.74) is 1.84. The van der Waals surface area contributed by atoms with Gasteiger partial charge in [-0.3, -0.25) is 4.79 Å². The predicted octanol–water partition coefficient (Wildman–Crippen LogP) is 3.85. The first-order valence-corrected chi connectivity index (χ1v) is 8.71. The van der Waals surface area contributed by atoms with Gasteiger partial charge >= 0.3 is 0 Å². The predicted molar refractivity (Wildman–Crippen MR) is 94.9 cm³/mol. The lowest BCUT2D eigenvalue weighted by Crippen LogP contribution is -2.26. The summed E-state index contributed by atoms with van der Waals surface area (Å²) < 4.78 is 10.9. The van der Waals surface area contributed by atoms with Gasteiger partial charge in [0, 0.05) is 18.4 Å². The number of thiophene rings is 1. The Morgan fingerprint density at radius 2 is 2.12 bits per heavy atom. The van der Waals surface area contributed by atoms with Crippen LogP contribution in [0.25, 0.3) is 0 Å². The van der Waals surface area contributed by atoms with E-state index in [0.29, 0.717) is 24.3 Å². The fourth-order valence-corrected chi connectivity index (χ4v) is 3.63. The maximum atomic E-state index is 12.4. The van der Waals surface area contributed by atoms with Crippen molar-refractivity contribution in [1.82, 2.24) is 5.01 Å². The summed E-state index contributed by atoms with van der Waals surface area (Å²) in [5.74, 6) is 1.31. The van der Waals surface area contributed by atoms with Crippen molar-refractivity contribution < 1.29 is 14.3 Å². The molecule has 24 heavy (non-hydrogen) atoms. The van der Waals surface area contributed by atoms with E-state index in [-0.39, 0.29) is 11.9 Å². The molecule has 0 radical (unpaired) electrons. The van der Waals surface area contributed by atoms with Crippen molar-refractivity contribution in [3.8, 4) is 11.5 Å². The van der Waals surface area contributed by atoms with Gasteiger partial charge in [-0.25, -0.2) is 5.01 Å². The molecule has 1 aliphatic heterocycles. The van der Waals surface area contributed by atoms with Gasteiger partial charge in [0.05, 0.1) is 30.9 Å². The first-order valence-electron chi connectivity index (χ1n) is 7.83. The quantitative estimate of drug-likeness (QED) is 0.828. The number of methoxy groups -OCH3 is 2.